The molecule has 4 rings (SSSR count). The van der Waals surface area contributed by atoms with Crippen LogP contribution in [0.15, 0.2) is 66.3 Å². The molecule has 0 amide bonds. The summed E-state index contributed by atoms with van der Waals surface area (Å²) in [5.41, 5.74) is 1.28. The zero-order valence-corrected chi connectivity index (χ0v) is 22.9. The predicted octanol–water partition coefficient (Wildman–Crippen LogP) is 5.91. The van der Waals surface area contributed by atoms with E-state index in [2.05, 4.69) is 26.5 Å². The highest BCUT2D eigenvalue weighted by molar-refractivity contribution is 5.89. The number of rotatable bonds is 7. The van der Waals surface area contributed by atoms with E-state index < -0.39 is 42.0 Å². The van der Waals surface area contributed by atoms with E-state index in [-0.39, 0.29) is 11.3 Å². The number of hydrogen-bond donors (Lipinski definition) is 0. The third kappa shape index (κ3) is 5.08. The van der Waals surface area contributed by atoms with Gasteiger partial charge in [0.15, 0.2) is 0 Å². The summed E-state index contributed by atoms with van der Waals surface area (Å²) in [5.74, 6) is -1.17. The number of hydrogen-bond acceptors (Lipinski definition) is 7. The van der Waals surface area contributed by atoms with Crippen LogP contribution < -0.4 is 0 Å². The number of carbonyl (C=O) groups is 3. The van der Waals surface area contributed by atoms with Gasteiger partial charge in [-0.1, -0.05) is 56.4 Å². The second kappa shape index (κ2) is 10.9. The van der Waals surface area contributed by atoms with E-state index in [1.54, 1.807) is 24.3 Å². The molecule has 3 aliphatic rings. The Hall–Kier alpha value is -3.19. The monoisotopic (exact) mass is 522 g/mol. The largest absolute Gasteiger partial charge is 0.455 e. The van der Waals surface area contributed by atoms with Crippen LogP contribution in [0.2, 0.25) is 0 Å². The van der Waals surface area contributed by atoms with Crippen molar-refractivity contribution in [3.8, 4) is 0 Å². The molecule has 2 fully saturated rings. The van der Waals surface area contributed by atoms with Crippen LogP contribution in [0.3, 0.4) is 0 Å². The third-order valence-electron chi connectivity index (χ3n) is 8.83. The van der Waals surface area contributed by atoms with E-state index in [0.717, 1.165) is 18.4 Å². The van der Waals surface area contributed by atoms with Crippen molar-refractivity contribution in [1.82, 2.24) is 0 Å². The van der Waals surface area contributed by atoms with Crippen LogP contribution in [-0.2, 0) is 28.5 Å². The molecule has 1 aromatic rings. The van der Waals surface area contributed by atoms with Crippen molar-refractivity contribution in [2.75, 3.05) is 0 Å². The normalized spacial score (nSPS) is 34.3. The van der Waals surface area contributed by atoms with Crippen molar-refractivity contribution in [3.05, 3.63) is 71.8 Å². The molecule has 1 saturated heterocycles. The van der Waals surface area contributed by atoms with Gasteiger partial charge in [-0.15, -0.1) is 0 Å². The molecule has 38 heavy (non-hydrogen) atoms. The van der Waals surface area contributed by atoms with Crippen molar-refractivity contribution in [2.45, 2.75) is 79.0 Å². The molecule has 1 spiro atoms. The van der Waals surface area contributed by atoms with Crippen molar-refractivity contribution < 1.29 is 33.3 Å². The van der Waals surface area contributed by atoms with Crippen LogP contribution >= 0.6 is 0 Å². The fourth-order valence-corrected chi connectivity index (χ4v) is 6.59. The van der Waals surface area contributed by atoms with Crippen molar-refractivity contribution in [3.63, 3.8) is 0 Å². The van der Waals surface area contributed by atoms with Crippen LogP contribution in [0.25, 0.3) is 0 Å². The van der Waals surface area contributed by atoms with Crippen LogP contribution in [0, 0.1) is 22.7 Å². The molecule has 1 aromatic carbocycles. The van der Waals surface area contributed by atoms with Gasteiger partial charge < -0.3 is 14.2 Å². The van der Waals surface area contributed by atoms with E-state index in [0.29, 0.717) is 29.9 Å². The molecule has 0 N–H and O–H groups in total. The Morgan fingerprint density at radius 2 is 1.76 bits per heavy atom. The highest BCUT2D eigenvalue weighted by Gasteiger charge is 2.67. The van der Waals surface area contributed by atoms with Gasteiger partial charge in [-0.3, -0.25) is 14.3 Å². The molecule has 7 heteroatoms. The average molecular weight is 523 g/mol. The zero-order chi connectivity index (χ0) is 27.7. The molecule has 1 unspecified atom stereocenters. The highest BCUT2D eigenvalue weighted by atomic mass is 16.8. The van der Waals surface area contributed by atoms with Gasteiger partial charge in [-0.05, 0) is 68.1 Å². The number of benzene rings is 1. The van der Waals surface area contributed by atoms with E-state index >= 15 is 0 Å². The van der Waals surface area contributed by atoms with Crippen LogP contribution in [-0.4, -0.2) is 36.6 Å². The van der Waals surface area contributed by atoms with Gasteiger partial charge in [0.25, 0.3) is 0 Å². The SMILES string of the molecule is C=C/C(C)=C/C[C@@]1(C)[C@@H](C)CCC23C(=C[C@@H](OC(=O)c4ccccc4)C[C@@H]21)[C@H](OC(C)=O)O[C@H]3OC(C)=O. The average Bonchev–Trinajstić information content (AvgIpc) is 3.16. The van der Waals surface area contributed by atoms with Crippen molar-refractivity contribution >= 4 is 17.9 Å². The smallest absolute Gasteiger partial charge is 0.338 e. The highest BCUT2D eigenvalue weighted by Crippen LogP contribution is 2.67. The molecule has 0 aromatic heterocycles. The maximum Gasteiger partial charge on any atom is 0.338 e. The molecular formula is C31H38O7. The van der Waals surface area contributed by atoms with Gasteiger partial charge in [-0.25, -0.2) is 4.79 Å². The molecule has 0 radical (unpaired) electrons. The molecule has 7 atom stereocenters. The lowest BCUT2D eigenvalue weighted by atomic mass is 9.46. The quantitative estimate of drug-likeness (QED) is 0.190. The maximum absolute atomic E-state index is 13.1. The summed E-state index contributed by atoms with van der Waals surface area (Å²) >= 11 is 0. The summed E-state index contributed by atoms with van der Waals surface area (Å²) in [4.78, 5) is 37.3. The summed E-state index contributed by atoms with van der Waals surface area (Å²) in [5, 5.41) is 0. The van der Waals surface area contributed by atoms with E-state index in [1.807, 2.05) is 25.1 Å². The molecule has 1 saturated carbocycles. The lowest BCUT2D eigenvalue weighted by Gasteiger charge is -2.58. The second-order valence-corrected chi connectivity index (χ2v) is 11.1. The van der Waals surface area contributed by atoms with Gasteiger partial charge in [0.2, 0.25) is 12.6 Å². The minimum absolute atomic E-state index is 0.0916. The Morgan fingerprint density at radius 3 is 2.39 bits per heavy atom. The number of ether oxygens (including phenoxy) is 4. The van der Waals surface area contributed by atoms with Gasteiger partial charge in [0.1, 0.15) is 6.10 Å². The Bertz CT molecular complexity index is 1150. The fourth-order valence-electron chi connectivity index (χ4n) is 6.59. The summed E-state index contributed by atoms with van der Waals surface area (Å²) in [7, 11) is 0. The Labute approximate surface area is 224 Å². The molecule has 1 aliphatic heterocycles. The summed E-state index contributed by atoms with van der Waals surface area (Å²) in [6, 6.07) is 8.86. The van der Waals surface area contributed by atoms with Crippen molar-refractivity contribution in [1.29, 1.82) is 0 Å². The second-order valence-electron chi connectivity index (χ2n) is 11.1. The maximum atomic E-state index is 13.1. The first kappa shape index (κ1) is 27.8. The summed E-state index contributed by atoms with van der Waals surface area (Å²) in [6.07, 6.45) is 6.22. The number of carbonyl (C=O) groups excluding carboxylic acids is 3. The lowest BCUT2D eigenvalue weighted by Crippen LogP contribution is -2.57. The molecule has 1 heterocycles. The zero-order valence-electron chi connectivity index (χ0n) is 22.9. The van der Waals surface area contributed by atoms with E-state index in [4.69, 9.17) is 18.9 Å². The first-order valence-electron chi connectivity index (χ1n) is 13.3. The van der Waals surface area contributed by atoms with Crippen LogP contribution in [0.5, 0.6) is 0 Å². The van der Waals surface area contributed by atoms with Crippen molar-refractivity contribution in [2.24, 2.45) is 22.7 Å². The molecule has 7 nitrogen and oxygen atoms in total. The number of esters is 3. The Kier molecular flexibility index (Phi) is 7.98. The van der Waals surface area contributed by atoms with Gasteiger partial charge in [0.05, 0.1) is 11.0 Å². The van der Waals surface area contributed by atoms with Gasteiger partial charge in [0, 0.05) is 19.4 Å². The van der Waals surface area contributed by atoms with E-state index in [1.165, 1.54) is 13.8 Å². The third-order valence-corrected chi connectivity index (χ3v) is 8.83. The minimum Gasteiger partial charge on any atom is -0.455 e. The predicted molar refractivity (Wildman–Crippen MR) is 142 cm³/mol. The Balaban J connectivity index is 1.82. The standard InChI is InChI=1S/C31H38O7/c1-7-19(2)13-15-30(6)20(3)14-16-31-25(28(35-21(4)32)38-29(31)36-22(5)33)17-24(18-26(30)31)37-27(34)23-11-9-8-10-12-23/h7-13,17,20,24,26,28-29H,1,14-16,18H2,2-6H3/b19-13+/t20-,24+,26+,28+,29+,30-,31?/m0/s1. The molecule has 2 aliphatic carbocycles. The summed E-state index contributed by atoms with van der Waals surface area (Å²) in [6.45, 7) is 13.1. The Morgan fingerprint density at radius 1 is 1.08 bits per heavy atom. The first-order valence-corrected chi connectivity index (χ1v) is 13.3. The number of allylic oxidation sites excluding steroid dienone is 3. The van der Waals surface area contributed by atoms with E-state index in [9.17, 15) is 14.4 Å². The minimum atomic E-state index is -1.03. The molecule has 0 bridgehead atoms. The van der Waals surface area contributed by atoms with Crippen LogP contribution in [0.4, 0.5) is 0 Å². The fraction of sp³-hybridized carbons (Fsp3) is 0.516. The molecular weight excluding hydrogens is 484 g/mol. The first-order chi connectivity index (χ1) is 18.0. The molecule has 204 valence electrons. The van der Waals surface area contributed by atoms with Gasteiger partial charge >= 0.3 is 17.9 Å². The van der Waals surface area contributed by atoms with Gasteiger partial charge in [-0.2, -0.15) is 0 Å². The lowest BCUT2D eigenvalue weighted by molar-refractivity contribution is -0.235. The summed E-state index contributed by atoms with van der Waals surface area (Å²) < 4.78 is 23.6. The van der Waals surface area contributed by atoms with Crippen LogP contribution in [0.1, 0.15) is 70.7 Å². The topological polar surface area (TPSA) is 88.1 Å².